The highest BCUT2D eigenvalue weighted by Crippen LogP contribution is 2.47. The Morgan fingerprint density at radius 3 is 0.968 bits per heavy atom. The molecule has 0 radical (unpaired) electrons. The van der Waals surface area contributed by atoms with Gasteiger partial charge in [-0.1, -0.05) is 291 Å². The molecule has 0 aliphatic heterocycles. The maximum absolute atomic E-state index is 14.5. The van der Waals surface area contributed by atoms with Gasteiger partial charge in [-0.2, -0.15) is 10.5 Å². The summed E-state index contributed by atoms with van der Waals surface area (Å²) in [6, 6.07) is 126. The van der Waals surface area contributed by atoms with Gasteiger partial charge in [-0.3, -0.25) is 27.6 Å². The number of pyridine rings is 3. The quantitative estimate of drug-likeness (QED) is 0.129. The van der Waals surface area contributed by atoms with E-state index in [1.54, 1.807) is 25.3 Å². The third kappa shape index (κ3) is 11.9. The highest BCUT2D eigenvalue weighted by atomic mass is 16.1. The summed E-state index contributed by atoms with van der Waals surface area (Å²) < 4.78 is 5.28. The average Bonchev–Trinajstić information content (AvgIpc) is 1.47. The Morgan fingerprint density at radius 2 is 0.579 bits per heavy atom. The molecule has 0 bridgehead atoms. The molecule has 0 aliphatic carbocycles. The van der Waals surface area contributed by atoms with Crippen LogP contribution in [0.25, 0.3) is 220 Å². The molecule has 0 amide bonds. The molecule has 18 aromatic carbocycles. The zero-order valence-electron chi connectivity index (χ0n) is 68.4. The molecule has 0 saturated carbocycles. The Hall–Kier alpha value is -17.4. The second kappa shape index (κ2) is 30.1. The maximum Gasteiger partial charge on any atom is 0.264 e. The van der Waals surface area contributed by atoms with Crippen molar-refractivity contribution in [3.63, 3.8) is 0 Å². The molecule has 6 heterocycles. The van der Waals surface area contributed by atoms with Crippen molar-refractivity contribution >= 4 is 120 Å². The Bertz CT molecular complexity index is 8520. The van der Waals surface area contributed by atoms with Gasteiger partial charge in [-0.25, -0.2) is 19.8 Å². The molecular formula is C114H69N9O3. The molecule has 24 rings (SSSR count). The molecule has 12 heteroatoms. The summed E-state index contributed by atoms with van der Waals surface area (Å²) in [6.45, 7) is 14.2. The number of aryl methyl sites for hydroxylation is 3. The Morgan fingerprint density at radius 1 is 0.270 bits per heavy atom. The van der Waals surface area contributed by atoms with Crippen LogP contribution in [0.15, 0.2) is 378 Å². The number of nitriles is 2. The van der Waals surface area contributed by atoms with Gasteiger partial charge in [0.15, 0.2) is 5.69 Å². The van der Waals surface area contributed by atoms with Crippen molar-refractivity contribution in [2.75, 3.05) is 0 Å². The van der Waals surface area contributed by atoms with Gasteiger partial charge < -0.3 is 0 Å². The topological polar surface area (TPSA) is 155 Å². The van der Waals surface area contributed by atoms with Crippen molar-refractivity contribution < 1.29 is 0 Å². The van der Waals surface area contributed by atoms with E-state index >= 15 is 0 Å². The highest BCUT2D eigenvalue weighted by molar-refractivity contribution is 6.26. The average molecular weight is 1610 g/mol. The minimum Gasteiger partial charge on any atom is -0.268 e. The molecule has 126 heavy (non-hydrogen) atoms. The fraction of sp³-hybridized carbons (Fsp3) is 0.0263. The van der Waals surface area contributed by atoms with Gasteiger partial charge in [0.25, 0.3) is 16.7 Å². The van der Waals surface area contributed by atoms with Gasteiger partial charge >= 0.3 is 0 Å². The van der Waals surface area contributed by atoms with Crippen LogP contribution >= 0.6 is 0 Å². The SMILES string of the molecule is Cc1ccccc1-c1ccc2c(=O)n3c(nc4cc(-c5ccccc5)cc(-c5ccccc5)c43)c3ccc(C#N)c1c23.Cc1ccccc1-c1ccc2c(=O)n3c4cc(-c5ccccc5)cc(-c5ccccc5)c4nc3c3ccc(C#N)c1c23.[C-]#[N+]c1ccc2c(=O)n3c4cc(-c5ccccc5)cc(-c5ccccc5)c4nc3c3ccc(-c4ccccc4C)c1c23. The summed E-state index contributed by atoms with van der Waals surface area (Å²) in [6.07, 6.45) is 0. The van der Waals surface area contributed by atoms with Crippen molar-refractivity contribution in [2.24, 2.45) is 0 Å². The fourth-order valence-electron chi connectivity index (χ4n) is 19.1. The standard InChI is InChI=1S/3C38H23N3O/c1-23-11-9-10-16-27(23)28-17-18-29-34-30(19-20-32(39-2)35(28)34)38(42)41-33-22-26(24-12-5-3-6-13-24)21-31(36(33)40-37(29)41)25-14-7-4-8-15-25;1-23-10-8-9-15-28(23)29-18-19-31-35-30(17-16-26(22-39)34(29)35)37-40-36-32(25-13-6-3-7-14-25)20-27(24-11-4-2-5-12-24)21-33(36)41(37)38(31)42;1-23-10-8-9-15-28(23)29-18-19-31-35-30(17-16-26(22-39)34(29)35)37-40-33-21-27(24-11-4-2-5-12-24)20-32(25-13-6-3-7-14-25)36(33)41(37)38(31)42/h3-22H,1H3;2*2-21H,1H3. The van der Waals surface area contributed by atoms with E-state index in [1.807, 2.05) is 194 Å². The number of rotatable bonds is 9. The molecule has 12 nitrogen and oxygen atoms in total. The lowest BCUT2D eigenvalue weighted by Gasteiger charge is -2.15. The van der Waals surface area contributed by atoms with E-state index < -0.39 is 0 Å². The minimum absolute atomic E-state index is 0.132. The zero-order valence-corrected chi connectivity index (χ0v) is 68.4. The van der Waals surface area contributed by atoms with E-state index in [-0.39, 0.29) is 16.7 Å². The van der Waals surface area contributed by atoms with Crippen LogP contribution in [0.4, 0.5) is 5.69 Å². The van der Waals surface area contributed by atoms with Crippen molar-refractivity contribution in [3.05, 3.63) is 434 Å². The Labute approximate surface area is 721 Å². The third-order valence-corrected chi connectivity index (χ3v) is 25.0. The van der Waals surface area contributed by atoms with Crippen LogP contribution in [0.2, 0.25) is 0 Å². The Kier molecular flexibility index (Phi) is 17.9. The number of hydrogen-bond donors (Lipinski definition) is 0. The van der Waals surface area contributed by atoms with Crippen LogP contribution < -0.4 is 16.7 Å². The number of hydrogen-bond acceptors (Lipinski definition) is 8. The number of benzene rings is 18. The van der Waals surface area contributed by atoms with Gasteiger partial charge in [0, 0.05) is 70.6 Å². The zero-order chi connectivity index (χ0) is 85.1. The van der Waals surface area contributed by atoms with Gasteiger partial charge in [0.1, 0.15) is 16.9 Å². The van der Waals surface area contributed by atoms with Crippen LogP contribution in [0, 0.1) is 50.0 Å². The smallest absolute Gasteiger partial charge is 0.264 e. The molecule has 0 fully saturated rings. The lowest BCUT2D eigenvalue weighted by atomic mass is 9.89. The molecule has 0 N–H and O–H groups in total. The lowest BCUT2D eigenvalue weighted by molar-refractivity contribution is 1.19. The summed E-state index contributed by atoms with van der Waals surface area (Å²) in [7, 11) is 0. The van der Waals surface area contributed by atoms with E-state index in [2.05, 4.69) is 195 Å². The molecule has 0 saturated heterocycles. The maximum atomic E-state index is 14.5. The van der Waals surface area contributed by atoms with Crippen molar-refractivity contribution in [1.82, 2.24) is 28.2 Å². The number of fused-ring (bicyclic) bond motifs is 12. The second-order valence-corrected chi connectivity index (χ2v) is 32.1. The first-order valence-electron chi connectivity index (χ1n) is 41.7. The minimum atomic E-state index is -0.138. The van der Waals surface area contributed by atoms with Gasteiger partial charge in [-0.05, 0) is 204 Å². The van der Waals surface area contributed by atoms with Gasteiger partial charge in [0.05, 0.1) is 62.9 Å². The van der Waals surface area contributed by atoms with Crippen molar-refractivity contribution in [3.8, 4) is 112 Å². The van der Waals surface area contributed by atoms with Crippen LogP contribution in [0.3, 0.4) is 0 Å². The molecular weight excluding hydrogens is 1540 g/mol. The van der Waals surface area contributed by atoms with Gasteiger partial charge in [0.2, 0.25) is 0 Å². The molecule has 0 spiro atoms. The summed E-state index contributed by atoms with van der Waals surface area (Å²) >= 11 is 0. The predicted octanol–water partition coefficient (Wildman–Crippen LogP) is 27.0. The van der Waals surface area contributed by atoms with Crippen LogP contribution in [0.5, 0.6) is 0 Å². The molecule has 588 valence electrons. The van der Waals surface area contributed by atoms with Crippen LogP contribution in [-0.4, -0.2) is 28.2 Å². The van der Waals surface area contributed by atoms with Crippen LogP contribution in [-0.2, 0) is 0 Å². The van der Waals surface area contributed by atoms with Crippen LogP contribution in [0.1, 0.15) is 27.8 Å². The molecule has 24 aromatic rings. The number of nitrogens with zero attached hydrogens (tertiary/aromatic N) is 9. The fourth-order valence-corrected chi connectivity index (χ4v) is 19.1. The second-order valence-electron chi connectivity index (χ2n) is 32.1. The van der Waals surface area contributed by atoms with E-state index in [1.165, 1.54) is 0 Å². The summed E-state index contributed by atoms with van der Waals surface area (Å²) in [4.78, 5) is 62.7. The largest absolute Gasteiger partial charge is 0.268 e. The third-order valence-electron chi connectivity index (χ3n) is 25.0. The van der Waals surface area contributed by atoms with Crippen molar-refractivity contribution in [2.45, 2.75) is 20.8 Å². The summed E-state index contributed by atoms with van der Waals surface area (Å²) in [5, 5.41) is 29.4. The molecule has 0 unspecified atom stereocenters. The summed E-state index contributed by atoms with van der Waals surface area (Å²) in [5.41, 5.74) is 29.2. The van der Waals surface area contributed by atoms with Crippen molar-refractivity contribution in [1.29, 1.82) is 10.5 Å². The van der Waals surface area contributed by atoms with Gasteiger partial charge in [-0.15, -0.1) is 0 Å². The first kappa shape index (κ1) is 74.9. The Balaban J connectivity index is 0.000000112. The number of imidazole rings is 3. The highest BCUT2D eigenvalue weighted by Gasteiger charge is 2.28. The van der Waals surface area contributed by atoms with E-state index in [0.717, 1.165) is 198 Å². The molecule has 0 atom stereocenters. The molecule has 0 aliphatic rings. The van der Waals surface area contributed by atoms with E-state index in [4.69, 9.17) is 21.5 Å². The van der Waals surface area contributed by atoms with E-state index in [9.17, 15) is 24.9 Å². The summed E-state index contributed by atoms with van der Waals surface area (Å²) in [5.74, 6) is 0. The predicted molar refractivity (Wildman–Crippen MR) is 514 cm³/mol. The first-order valence-corrected chi connectivity index (χ1v) is 41.7. The lowest BCUT2D eigenvalue weighted by Crippen LogP contribution is -2.14. The number of aromatic nitrogens is 6. The van der Waals surface area contributed by atoms with E-state index in [0.29, 0.717) is 49.9 Å². The molecule has 6 aromatic heterocycles. The first-order chi connectivity index (χ1) is 61.9. The monoisotopic (exact) mass is 1610 g/mol. The normalized spacial score (nSPS) is 11.5.